The Morgan fingerprint density at radius 1 is 0.507 bits per heavy atom. The van der Waals surface area contributed by atoms with Crippen LogP contribution in [-0.2, 0) is 42.7 Å². The van der Waals surface area contributed by atoms with Crippen molar-refractivity contribution in [1.82, 2.24) is 9.55 Å². The van der Waals surface area contributed by atoms with Gasteiger partial charge < -0.3 is 19.1 Å². The van der Waals surface area contributed by atoms with E-state index in [1.165, 1.54) is 33.5 Å². The minimum Gasteiger partial charge on any atom is -0.509 e. The van der Waals surface area contributed by atoms with Crippen molar-refractivity contribution in [3.8, 4) is 28.4 Å². The Morgan fingerprint density at radius 2 is 1.14 bits per heavy atom. The number of rotatable bonds is 8. The summed E-state index contributed by atoms with van der Waals surface area (Å²) in [5.41, 5.74) is 13.1. The summed E-state index contributed by atoms with van der Waals surface area (Å²) < 4.78 is 9.24. The third-order valence-corrected chi connectivity index (χ3v) is 13.6. The predicted molar refractivity (Wildman–Crippen MR) is 286 cm³/mol. The number of allylic oxidation sites excluding steroid dienone is 1. The van der Waals surface area contributed by atoms with E-state index < -0.39 is 0 Å². The number of aromatic nitrogens is 2. The molecule has 2 aromatic heterocycles. The van der Waals surface area contributed by atoms with Crippen molar-refractivity contribution in [1.29, 1.82) is 0 Å². The Labute approximate surface area is 426 Å². The normalized spacial score (nSPS) is 13.8. The molecular formula is C63H67N4OPt-3. The molecule has 0 saturated heterocycles. The van der Waals surface area contributed by atoms with Gasteiger partial charge >= 0.3 is 0 Å². The smallest absolute Gasteiger partial charge is 0.135 e. The minimum atomic E-state index is -0.359. The molecule has 0 bridgehead atoms. The number of pyridine rings is 1. The maximum Gasteiger partial charge on any atom is 0.135 e. The second kappa shape index (κ2) is 18.1. The third kappa shape index (κ3) is 9.96. The molecule has 0 spiro atoms. The van der Waals surface area contributed by atoms with Gasteiger partial charge in [-0.25, -0.2) is 4.98 Å². The van der Waals surface area contributed by atoms with Crippen LogP contribution in [0.25, 0.3) is 38.8 Å². The molecule has 6 aromatic carbocycles. The van der Waals surface area contributed by atoms with Crippen molar-refractivity contribution in [2.45, 2.75) is 119 Å². The van der Waals surface area contributed by atoms with Crippen molar-refractivity contribution in [3.63, 3.8) is 0 Å². The van der Waals surface area contributed by atoms with Crippen molar-refractivity contribution < 1.29 is 25.8 Å². The average Bonchev–Trinajstić information content (AvgIpc) is 3.89. The first-order valence-electron chi connectivity index (χ1n) is 24.1. The summed E-state index contributed by atoms with van der Waals surface area (Å²) >= 11 is 0. The van der Waals surface area contributed by atoms with Crippen LogP contribution in [0.2, 0.25) is 0 Å². The molecule has 0 amide bonds. The Balaban J connectivity index is 0.00000642. The molecule has 0 unspecified atom stereocenters. The molecule has 0 aliphatic carbocycles. The van der Waals surface area contributed by atoms with E-state index in [9.17, 15) is 0 Å². The van der Waals surface area contributed by atoms with Gasteiger partial charge in [0.1, 0.15) is 5.82 Å². The molecule has 5 nitrogen and oxygen atoms in total. The third-order valence-electron chi connectivity index (χ3n) is 13.6. The molecule has 1 aliphatic rings. The standard InChI is InChI=1S/C63H67N4O.Pt/c1-59(2,3)45-29-30-64-58(37-45)67-55-28-25-43(42-21-17-15-18-22-42)31-54(55)53-27-26-51(39-56(53)67)68-52-36-48(63(13,14)44-23-19-16-20-24-44)35-49(38-52)65-40-57(62(10,11)12)66(41-65)50-33-46(60(4,5)6)32-47(34-50)61(7,8)9;/h15-37,40-41H,1-14H3;/q-3;. The second-order valence-electron chi connectivity index (χ2n) is 23.3. The summed E-state index contributed by atoms with van der Waals surface area (Å²) in [6, 6.07) is 55.6. The van der Waals surface area contributed by atoms with Crippen LogP contribution in [0.5, 0.6) is 11.5 Å². The van der Waals surface area contributed by atoms with Crippen LogP contribution in [0.15, 0.2) is 152 Å². The second-order valence-corrected chi connectivity index (χ2v) is 23.3. The van der Waals surface area contributed by atoms with Crippen molar-refractivity contribution in [3.05, 3.63) is 198 Å². The van der Waals surface area contributed by atoms with Gasteiger partial charge in [0.2, 0.25) is 0 Å². The van der Waals surface area contributed by atoms with Crippen LogP contribution in [-0.4, -0.2) is 9.55 Å². The minimum absolute atomic E-state index is 0. The Morgan fingerprint density at radius 3 is 1.77 bits per heavy atom. The van der Waals surface area contributed by atoms with E-state index in [1.807, 2.05) is 12.3 Å². The first-order valence-corrected chi connectivity index (χ1v) is 24.1. The number of nitrogens with zero attached hydrogens (tertiary/aromatic N) is 4. The van der Waals surface area contributed by atoms with Crippen LogP contribution >= 0.6 is 0 Å². The number of fused-ring (bicyclic) bond motifs is 3. The molecule has 9 rings (SSSR count). The fourth-order valence-corrected chi connectivity index (χ4v) is 9.19. The molecule has 3 heterocycles. The maximum atomic E-state index is 7.01. The summed E-state index contributed by atoms with van der Waals surface area (Å²) in [6.07, 6.45) is 4.19. The van der Waals surface area contributed by atoms with Gasteiger partial charge in [0.25, 0.3) is 0 Å². The van der Waals surface area contributed by atoms with E-state index in [1.54, 1.807) is 0 Å². The van der Waals surface area contributed by atoms with Crippen molar-refractivity contribution in [2.75, 3.05) is 9.80 Å². The monoisotopic (exact) mass is 1090 g/mol. The number of anilines is 2. The van der Waals surface area contributed by atoms with Gasteiger partial charge in [-0.05, 0) is 97.0 Å². The van der Waals surface area contributed by atoms with Gasteiger partial charge in [0, 0.05) is 61.1 Å². The number of ether oxygens (including phenoxy) is 1. The Hall–Kier alpha value is -5.90. The van der Waals surface area contributed by atoms with Crippen LogP contribution in [0.4, 0.5) is 11.4 Å². The molecule has 69 heavy (non-hydrogen) atoms. The van der Waals surface area contributed by atoms with E-state index in [2.05, 4.69) is 264 Å². The van der Waals surface area contributed by atoms with Gasteiger partial charge in [-0.3, -0.25) is 0 Å². The molecule has 0 radical (unpaired) electrons. The Kier molecular flexibility index (Phi) is 13.0. The van der Waals surface area contributed by atoms with Gasteiger partial charge in [-0.2, -0.15) is 6.07 Å². The van der Waals surface area contributed by atoms with Gasteiger partial charge in [0.05, 0.1) is 0 Å². The van der Waals surface area contributed by atoms with E-state index in [4.69, 9.17) is 9.72 Å². The molecule has 0 N–H and O–H groups in total. The number of hydrogen-bond acceptors (Lipinski definition) is 4. The molecule has 8 aromatic rings. The molecular weight excluding hydrogens is 1020 g/mol. The van der Waals surface area contributed by atoms with Crippen LogP contribution in [0, 0.1) is 24.2 Å². The average molecular weight is 1090 g/mol. The van der Waals surface area contributed by atoms with Crippen molar-refractivity contribution in [2.24, 2.45) is 5.41 Å². The summed E-state index contributed by atoms with van der Waals surface area (Å²) in [7, 11) is 0. The Bertz CT molecular complexity index is 3160. The fraction of sp³-hybridized carbons (Fsp3) is 0.302. The fourth-order valence-electron chi connectivity index (χ4n) is 9.19. The van der Waals surface area contributed by atoms with E-state index in [0.717, 1.165) is 50.1 Å². The zero-order valence-electron chi connectivity index (χ0n) is 42.9. The first kappa shape index (κ1) is 49.5. The summed E-state index contributed by atoms with van der Waals surface area (Å²) in [6.45, 7) is 34.2. The summed E-state index contributed by atoms with van der Waals surface area (Å²) in [5.74, 6) is 2.05. The van der Waals surface area contributed by atoms with E-state index in [-0.39, 0.29) is 48.1 Å². The zero-order valence-corrected chi connectivity index (χ0v) is 45.2. The summed E-state index contributed by atoms with van der Waals surface area (Å²) in [5, 5.41) is 2.21. The number of benzene rings is 6. The molecule has 0 atom stereocenters. The van der Waals surface area contributed by atoms with Crippen LogP contribution < -0.4 is 14.5 Å². The van der Waals surface area contributed by atoms with Crippen LogP contribution in [0.1, 0.15) is 125 Å². The molecule has 0 saturated carbocycles. The maximum absolute atomic E-state index is 7.01. The first-order chi connectivity index (χ1) is 31.9. The van der Waals surface area contributed by atoms with Crippen molar-refractivity contribution >= 4 is 33.2 Å². The SMILES string of the molecule is CC(C)(C)C1=CN(c2[c-]c(Oc3[c-]c4c(cc3)c3cc(-c5ccccc5)ccc3n4-c3cc(C(C)(C)C)ccn3)cc(C(C)(C)c3ccccc3)c2)[CH-]N1c1cc(C(C)(C)C)cc(C(C)(C)C)c1.[Pt]. The molecule has 0 fully saturated rings. The molecule has 6 heteroatoms. The van der Waals surface area contributed by atoms with Gasteiger partial charge in [-0.1, -0.05) is 181 Å². The van der Waals surface area contributed by atoms with Crippen LogP contribution in [0.3, 0.4) is 0 Å². The van der Waals surface area contributed by atoms with Gasteiger partial charge in [0.15, 0.2) is 0 Å². The summed E-state index contributed by atoms with van der Waals surface area (Å²) in [4.78, 5) is 9.57. The van der Waals surface area contributed by atoms with E-state index in [0.29, 0.717) is 11.5 Å². The topological polar surface area (TPSA) is 33.5 Å². The predicted octanol–water partition coefficient (Wildman–Crippen LogP) is 16.8. The molecule has 1 aliphatic heterocycles. The van der Waals surface area contributed by atoms with E-state index >= 15 is 0 Å². The zero-order chi connectivity index (χ0) is 48.6. The molecule has 358 valence electrons. The number of hydrogen-bond donors (Lipinski definition) is 0. The largest absolute Gasteiger partial charge is 0.509 e. The quantitative estimate of drug-likeness (QED) is 0.142. The van der Waals surface area contributed by atoms with Gasteiger partial charge in [-0.15, -0.1) is 53.6 Å².